The molecular formula is C29H43NO4. The zero-order valence-electron chi connectivity index (χ0n) is 21.6. The van der Waals surface area contributed by atoms with Gasteiger partial charge in [-0.05, 0) is 67.8 Å². The fraction of sp³-hybridized carbons (Fsp3) is 0.724. The Morgan fingerprint density at radius 2 is 1.65 bits per heavy atom. The number of fused-ring (bicyclic) bond motifs is 3. The van der Waals surface area contributed by atoms with E-state index in [1.54, 1.807) is 4.90 Å². The van der Waals surface area contributed by atoms with E-state index in [-0.39, 0.29) is 23.4 Å². The molecule has 1 aromatic carbocycles. The topological polar surface area (TPSA) is 55.8 Å². The molecule has 188 valence electrons. The van der Waals surface area contributed by atoms with Crippen LogP contribution < -0.4 is 0 Å². The summed E-state index contributed by atoms with van der Waals surface area (Å²) in [6, 6.07) is 9.12. The Labute approximate surface area is 205 Å². The summed E-state index contributed by atoms with van der Waals surface area (Å²) in [5, 5.41) is 0. The quantitative estimate of drug-likeness (QED) is 0.297. The van der Waals surface area contributed by atoms with Gasteiger partial charge in [-0.2, -0.15) is 0 Å². The van der Waals surface area contributed by atoms with Crippen LogP contribution in [0.5, 0.6) is 0 Å². The van der Waals surface area contributed by atoms with Crippen molar-refractivity contribution in [1.82, 2.24) is 4.90 Å². The van der Waals surface area contributed by atoms with Crippen LogP contribution in [0.3, 0.4) is 0 Å². The predicted octanol–water partition coefficient (Wildman–Crippen LogP) is 7.23. The number of hydrogen-bond acceptors (Lipinski definition) is 4. The molecule has 4 aliphatic rings. The van der Waals surface area contributed by atoms with E-state index in [4.69, 9.17) is 9.47 Å². The molecule has 0 aromatic heterocycles. The molecule has 5 heteroatoms. The monoisotopic (exact) mass is 469 g/mol. The fourth-order valence-corrected chi connectivity index (χ4v) is 6.50. The zero-order valence-corrected chi connectivity index (χ0v) is 21.6. The normalized spacial score (nSPS) is 30.9. The van der Waals surface area contributed by atoms with Gasteiger partial charge in [-0.1, -0.05) is 77.3 Å². The third kappa shape index (κ3) is 5.28. The van der Waals surface area contributed by atoms with Crippen LogP contribution >= 0.6 is 0 Å². The molecular weight excluding hydrogens is 426 g/mol. The Morgan fingerprint density at radius 1 is 1.03 bits per heavy atom. The maximum atomic E-state index is 13.3. The number of esters is 1. The number of amides is 1. The summed E-state index contributed by atoms with van der Waals surface area (Å²) in [7, 11) is 0. The molecule has 0 radical (unpaired) electrons. The van der Waals surface area contributed by atoms with E-state index in [0.29, 0.717) is 11.8 Å². The van der Waals surface area contributed by atoms with Crippen LogP contribution in [0.2, 0.25) is 0 Å². The minimum Gasteiger partial charge on any atom is -0.444 e. The van der Waals surface area contributed by atoms with Crippen LogP contribution in [0.25, 0.3) is 0 Å². The largest absolute Gasteiger partial charge is 0.444 e. The second kappa shape index (κ2) is 9.91. The molecule has 2 atom stereocenters. The highest BCUT2D eigenvalue weighted by Crippen LogP contribution is 2.61. The third-order valence-corrected chi connectivity index (χ3v) is 8.74. The Hall–Kier alpha value is -2.04. The number of benzene rings is 1. The lowest BCUT2D eigenvalue weighted by Crippen LogP contribution is -2.51. The van der Waals surface area contributed by atoms with Crippen LogP contribution in [-0.4, -0.2) is 29.2 Å². The van der Waals surface area contributed by atoms with Crippen LogP contribution in [0, 0.1) is 16.2 Å². The zero-order chi connectivity index (χ0) is 24.4. The molecule has 5 nitrogen and oxygen atoms in total. The summed E-state index contributed by atoms with van der Waals surface area (Å²) >= 11 is 0. The third-order valence-electron chi connectivity index (χ3n) is 8.74. The van der Waals surface area contributed by atoms with E-state index in [0.717, 1.165) is 24.8 Å². The lowest BCUT2D eigenvalue weighted by Gasteiger charge is -2.54. The minimum absolute atomic E-state index is 0.140. The first kappa shape index (κ1) is 25.1. The van der Waals surface area contributed by atoms with Gasteiger partial charge in [-0.25, -0.2) is 9.59 Å². The number of nitrogens with zero attached hydrogens (tertiary/aromatic N) is 1. The Balaban J connectivity index is 1.46. The summed E-state index contributed by atoms with van der Waals surface area (Å²) in [5.41, 5.74) is 1.21. The van der Waals surface area contributed by atoms with Crippen molar-refractivity contribution in [2.75, 3.05) is 0 Å². The SMILES string of the molecule is CCCCCC12CCC(C[C@H]3C(=O)O[C@H](C(C)(C)C)N3C(=O)OCc3ccccc3)(CC1)CC2. The first-order valence-corrected chi connectivity index (χ1v) is 13.4. The molecule has 0 spiro atoms. The molecule has 1 amide bonds. The highest BCUT2D eigenvalue weighted by atomic mass is 16.6. The highest BCUT2D eigenvalue weighted by Gasteiger charge is 2.55. The van der Waals surface area contributed by atoms with Crippen LogP contribution in [0.15, 0.2) is 30.3 Å². The minimum atomic E-state index is -0.606. The van der Waals surface area contributed by atoms with Gasteiger partial charge in [0.1, 0.15) is 12.6 Å². The maximum Gasteiger partial charge on any atom is 0.413 e. The van der Waals surface area contributed by atoms with Gasteiger partial charge < -0.3 is 9.47 Å². The fourth-order valence-electron chi connectivity index (χ4n) is 6.50. The first-order valence-electron chi connectivity index (χ1n) is 13.4. The number of cyclic esters (lactones) is 1. The second-order valence-corrected chi connectivity index (χ2v) is 12.3. The van der Waals surface area contributed by atoms with Gasteiger partial charge in [-0.15, -0.1) is 0 Å². The van der Waals surface area contributed by atoms with Crippen LogP contribution in [-0.2, 0) is 20.9 Å². The Morgan fingerprint density at radius 3 is 2.24 bits per heavy atom. The highest BCUT2D eigenvalue weighted by molar-refractivity contribution is 5.84. The van der Waals surface area contributed by atoms with Crippen molar-refractivity contribution in [3.63, 3.8) is 0 Å². The molecule has 0 unspecified atom stereocenters. The standard InChI is InChI=1S/C29H43NO4/c1-5-6-10-13-28-14-17-29(18-15-28,19-16-28)20-23-24(31)34-25(27(2,3)4)30(23)26(32)33-21-22-11-8-7-9-12-22/h7-9,11-12,23,25H,5-6,10,13-21H2,1-4H3/t23-,25+,28?,29?/m0/s1. The number of rotatable bonds is 8. The lowest BCUT2D eigenvalue weighted by molar-refractivity contribution is -0.147. The Kier molecular flexibility index (Phi) is 7.30. The molecule has 2 bridgehead atoms. The molecule has 5 rings (SSSR count). The van der Waals surface area contributed by atoms with E-state index in [1.165, 1.54) is 44.9 Å². The molecule has 3 saturated carbocycles. The number of hydrogen-bond donors (Lipinski definition) is 0. The van der Waals surface area contributed by atoms with Crippen molar-refractivity contribution >= 4 is 12.1 Å². The van der Waals surface area contributed by atoms with Crippen molar-refractivity contribution in [3.05, 3.63) is 35.9 Å². The molecule has 34 heavy (non-hydrogen) atoms. The van der Waals surface area contributed by atoms with Crippen LogP contribution in [0.1, 0.15) is 104 Å². The molecule has 0 N–H and O–H groups in total. The number of unbranched alkanes of at least 4 members (excludes halogenated alkanes) is 2. The van der Waals surface area contributed by atoms with Gasteiger partial charge in [-0.3, -0.25) is 4.90 Å². The Bertz CT molecular complexity index is 834. The summed E-state index contributed by atoms with van der Waals surface area (Å²) in [5.74, 6) is -0.267. The molecule has 1 saturated heterocycles. The van der Waals surface area contributed by atoms with E-state index in [2.05, 4.69) is 6.92 Å². The summed E-state index contributed by atoms with van der Waals surface area (Å²) < 4.78 is 11.5. The van der Waals surface area contributed by atoms with Crippen molar-refractivity contribution in [2.45, 2.75) is 117 Å². The van der Waals surface area contributed by atoms with Crippen molar-refractivity contribution in [2.24, 2.45) is 16.2 Å². The summed E-state index contributed by atoms with van der Waals surface area (Å²) in [4.78, 5) is 28.1. The van der Waals surface area contributed by atoms with Gasteiger partial charge in [0.2, 0.25) is 0 Å². The van der Waals surface area contributed by atoms with Crippen LogP contribution in [0.4, 0.5) is 4.79 Å². The molecule has 3 aliphatic carbocycles. The van der Waals surface area contributed by atoms with Gasteiger partial charge in [0.05, 0.1) is 0 Å². The summed E-state index contributed by atoms with van der Waals surface area (Å²) in [6.07, 6.45) is 12.2. The summed E-state index contributed by atoms with van der Waals surface area (Å²) in [6.45, 7) is 8.49. The van der Waals surface area contributed by atoms with Crippen molar-refractivity contribution < 1.29 is 19.1 Å². The predicted molar refractivity (Wildman–Crippen MR) is 133 cm³/mol. The van der Waals surface area contributed by atoms with Gasteiger partial charge >= 0.3 is 12.1 Å². The van der Waals surface area contributed by atoms with E-state index in [9.17, 15) is 9.59 Å². The first-order chi connectivity index (χ1) is 16.2. The maximum absolute atomic E-state index is 13.3. The molecule has 1 heterocycles. The number of carbonyl (C=O) groups is 2. The molecule has 1 aliphatic heterocycles. The van der Waals surface area contributed by atoms with Gasteiger partial charge in [0.15, 0.2) is 6.23 Å². The second-order valence-electron chi connectivity index (χ2n) is 12.3. The van der Waals surface area contributed by atoms with E-state index >= 15 is 0 Å². The van der Waals surface area contributed by atoms with Gasteiger partial charge in [0, 0.05) is 5.41 Å². The number of ether oxygens (including phenoxy) is 2. The van der Waals surface area contributed by atoms with E-state index < -0.39 is 18.4 Å². The average molecular weight is 470 g/mol. The smallest absolute Gasteiger partial charge is 0.413 e. The average Bonchev–Trinajstić information content (AvgIpc) is 3.16. The van der Waals surface area contributed by atoms with Gasteiger partial charge in [0.25, 0.3) is 0 Å². The molecule has 4 fully saturated rings. The molecule has 1 aromatic rings. The number of carbonyl (C=O) groups excluding carboxylic acids is 2. The lowest BCUT2D eigenvalue weighted by atomic mass is 9.51. The van der Waals surface area contributed by atoms with Crippen molar-refractivity contribution in [3.8, 4) is 0 Å². The van der Waals surface area contributed by atoms with Crippen molar-refractivity contribution in [1.29, 1.82) is 0 Å². The van der Waals surface area contributed by atoms with E-state index in [1.807, 2.05) is 51.1 Å².